The number of anilines is 1. The van der Waals surface area contributed by atoms with E-state index < -0.39 is 12.1 Å². The topological polar surface area (TPSA) is 93.2 Å². The van der Waals surface area contributed by atoms with E-state index in [0.717, 1.165) is 25.7 Å². The van der Waals surface area contributed by atoms with Crippen molar-refractivity contribution in [3.63, 3.8) is 0 Å². The van der Waals surface area contributed by atoms with Gasteiger partial charge >= 0.3 is 6.09 Å². The second-order valence-corrected chi connectivity index (χ2v) is 5.39. The van der Waals surface area contributed by atoms with Gasteiger partial charge in [-0.3, -0.25) is 10.1 Å². The molecule has 0 aromatic carbocycles. The molecule has 0 aliphatic carbocycles. The Kier molecular flexibility index (Phi) is 8.34. The molecule has 1 heterocycles. The Balaban J connectivity index is 2.49. The SMILES string of the molecule is CCCCOC(=O)NC(CCCC)C(=O)Nc1nncs1. The lowest BCUT2D eigenvalue weighted by atomic mass is 10.1. The minimum absolute atomic E-state index is 0.298. The van der Waals surface area contributed by atoms with E-state index in [1.54, 1.807) is 0 Å². The van der Waals surface area contributed by atoms with Gasteiger partial charge in [-0.25, -0.2) is 4.79 Å². The molecule has 0 spiro atoms. The third-order valence-corrected chi connectivity index (χ3v) is 3.38. The first kappa shape index (κ1) is 17.4. The summed E-state index contributed by atoms with van der Waals surface area (Å²) in [6.07, 6.45) is 3.54. The number of unbranched alkanes of at least 4 members (excludes halogenated alkanes) is 2. The molecule has 1 atom stereocenters. The summed E-state index contributed by atoms with van der Waals surface area (Å²) < 4.78 is 5.02. The lowest BCUT2D eigenvalue weighted by Crippen LogP contribution is -2.44. The van der Waals surface area contributed by atoms with Gasteiger partial charge in [-0.1, -0.05) is 44.4 Å². The van der Waals surface area contributed by atoms with Crippen molar-refractivity contribution in [1.29, 1.82) is 0 Å². The molecule has 2 N–H and O–H groups in total. The highest BCUT2D eigenvalue weighted by Crippen LogP contribution is 2.10. The Morgan fingerprint density at radius 1 is 1.33 bits per heavy atom. The van der Waals surface area contributed by atoms with Crippen LogP contribution < -0.4 is 10.6 Å². The minimum Gasteiger partial charge on any atom is -0.450 e. The first-order valence-electron chi connectivity index (χ1n) is 7.17. The van der Waals surface area contributed by atoms with E-state index in [0.29, 0.717) is 18.2 Å². The summed E-state index contributed by atoms with van der Waals surface area (Å²) in [5.41, 5.74) is 1.53. The second-order valence-electron chi connectivity index (χ2n) is 4.56. The number of amides is 2. The molecule has 0 aliphatic rings. The van der Waals surface area contributed by atoms with Crippen LogP contribution in [0.2, 0.25) is 0 Å². The first-order valence-corrected chi connectivity index (χ1v) is 8.05. The predicted molar refractivity (Wildman–Crippen MR) is 81.2 cm³/mol. The van der Waals surface area contributed by atoms with Crippen LogP contribution in [0, 0.1) is 0 Å². The molecule has 0 fully saturated rings. The van der Waals surface area contributed by atoms with Gasteiger partial charge in [0.15, 0.2) is 0 Å². The van der Waals surface area contributed by atoms with E-state index in [-0.39, 0.29) is 5.91 Å². The van der Waals surface area contributed by atoms with Crippen molar-refractivity contribution < 1.29 is 14.3 Å². The molecule has 8 heteroatoms. The Bertz CT molecular complexity index is 425. The molecule has 7 nitrogen and oxygen atoms in total. The molecule has 118 valence electrons. The number of carbonyl (C=O) groups is 2. The van der Waals surface area contributed by atoms with Crippen LogP contribution in [0.15, 0.2) is 5.51 Å². The van der Waals surface area contributed by atoms with Crippen molar-refractivity contribution in [3.8, 4) is 0 Å². The molecular weight excluding hydrogens is 292 g/mol. The summed E-state index contributed by atoms with van der Waals surface area (Å²) >= 11 is 1.23. The largest absolute Gasteiger partial charge is 0.450 e. The van der Waals surface area contributed by atoms with E-state index in [2.05, 4.69) is 20.8 Å². The van der Waals surface area contributed by atoms with Gasteiger partial charge in [0.2, 0.25) is 11.0 Å². The van der Waals surface area contributed by atoms with E-state index in [4.69, 9.17) is 4.74 Å². The Hall–Kier alpha value is -1.70. The molecule has 21 heavy (non-hydrogen) atoms. The van der Waals surface area contributed by atoms with Gasteiger partial charge in [0.1, 0.15) is 11.6 Å². The van der Waals surface area contributed by atoms with Crippen molar-refractivity contribution in [2.75, 3.05) is 11.9 Å². The molecule has 0 saturated heterocycles. The molecule has 0 radical (unpaired) electrons. The number of alkyl carbamates (subject to hydrolysis) is 1. The Labute approximate surface area is 128 Å². The van der Waals surface area contributed by atoms with Gasteiger partial charge in [-0.05, 0) is 12.8 Å². The molecule has 0 saturated carbocycles. The van der Waals surface area contributed by atoms with Crippen LogP contribution in [0.5, 0.6) is 0 Å². The molecule has 0 bridgehead atoms. The fourth-order valence-corrected chi connectivity index (χ4v) is 2.04. The summed E-state index contributed by atoms with van der Waals surface area (Å²) in [6, 6.07) is -0.622. The molecule has 1 unspecified atom stereocenters. The number of hydrogen-bond donors (Lipinski definition) is 2. The van der Waals surface area contributed by atoms with Gasteiger partial charge < -0.3 is 10.1 Å². The Morgan fingerprint density at radius 2 is 2.10 bits per heavy atom. The minimum atomic E-state index is -0.622. The van der Waals surface area contributed by atoms with Crippen LogP contribution in [-0.2, 0) is 9.53 Å². The van der Waals surface area contributed by atoms with Crippen LogP contribution in [0.3, 0.4) is 0 Å². The fraction of sp³-hybridized carbons (Fsp3) is 0.692. The lowest BCUT2D eigenvalue weighted by Gasteiger charge is -2.17. The predicted octanol–water partition coefficient (Wildman–Crippen LogP) is 2.56. The normalized spacial score (nSPS) is 11.7. The van der Waals surface area contributed by atoms with E-state index in [9.17, 15) is 9.59 Å². The van der Waals surface area contributed by atoms with Gasteiger partial charge in [0.05, 0.1) is 6.61 Å². The number of nitrogens with one attached hydrogen (secondary N) is 2. The average molecular weight is 314 g/mol. The van der Waals surface area contributed by atoms with Crippen molar-refractivity contribution in [1.82, 2.24) is 15.5 Å². The number of rotatable bonds is 9. The second kappa shape index (κ2) is 10.1. The zero-order valence-electron chi connectivity index (χ0n) is 12.4. The average Bonchev–Trinajstić information content (AvgIpc) is 2.96. The van der Waals surface area contributed by atoms with Crippen LogP contribution >= 0.6 is 11.3 Å². The zero-order valence-corrected chi connectivity index (χ0v) is 13.2. The number of aromatic nitrogens is 2. The summed E-state index contributed by atoms with van der Waals surface area (Å²) in [5.74, 6) is -0.298. The van der Waals surface area contributed by atoms with Gasteiger partial charge in [-0.15, -0.1) is 10.2 Å². The molecular formula is C13H22N4O3S. The van der Waals surface area contributed by atoms with Crippen LogP contribution in [-0.4, -0.2) is 34.8 Å². The summed E-state index contributed by atoms with van der Waals surface area (Å²) in [6.45, 7) is 4.40. The van der Waals surface area contributed by atoms with Gasteiger partial charge in [-0.2, -0.15) is 0 Å². The maximum Gasteiger partial charge on any atom is 0.407 e. The van der Waals surface area contributed by atoms with Gasteiger partial charge in [0, 0.05) is 0 Å². The number of nitrogens with zero attached hydrogens (tertiary/aromatic N) is 2. The van der Waals surface area contributed by atoms with Crippen molar-refractivity contribution in [3.05, 3.63) is 5.51 Å². The molecule has 1 aromatic heterocycles. The van der Waals surface area contributed by atoms with Crippen LogP contribution in [0.25, 0.3) is 0 Å². The first-order chi connectivity index (χ1) is 10.2. The molecule has 1 aromatic rings. The van der Waals surface area contributed by atoms with E-state index in [1.807, 2.05) is 13.8 Å². The highest BCUT2D eigenvalue weighted by atomic mass is 32.1. The van der Waals surface area contributed by atoms with Crippen molar-refractivity contribution >= 4 is 28.5 Å². The van der Waals surface area contributed by atoms with Crippen molar-refractivity contribution in [2.24, 2.45) is 0 Å². The Morgan fingerprint density at radius 3 is 2.71 bits per heavy atom. The molecule has 0 aliphatic heterocycles. The van der Waals surface area contributed by atoms with E-state index >= 15 is 0 Å². The van der Waals surface area contributed by atoms with Crippen LogP contribution in [0.1, 0.15) is 46.0 Å². The van der Waals surface area contributed by atoms with Crippen molar-refractivity contribution in [2.45, 2.75) is 52.0 Å². The monoisotopic (exact) mass is 314 g/mol. The standard InChI is InChI=1S/C13H22N4O3S/c1-3-5-7-10(15-13(19)20-8-6-4-2)11(18)16-12-17-14-9-21-12/h9-10H,3-8H2,1-2H3,(H,15,19)(H,16,17,18). The highest BCUT2D eigenvalue weighted by Gasteiger charge is 2.21. The van der Waals surface area contributed by atoms with Gasteiger partial charge in [0.25, 0.3) is 0 Å². The summed E-state index contributed by atoms with van der Waals surface area (Å²) in [4.78, 5) is 23.8. The highest BCUT2D eigenvalue weighted by molar-refractivity contribution is 7.13. The fourth-order valence-electron chi connectivity index (χ4n) is 1.59. The van der Waals surface area contributed by atoms with E-state index in [1.165, 1.54) is 16.8 Å². The van der Waals surface area contributed by atoms with Crippen LogP contribution in [0.4, 0.5) is 9.93 Å². The quantitative estimate of drug-likeness (QED) is 0.683. The smallest absolute Gasteiger partial charge is 0.407 e. The molecule has 2 amide bonds. The number of hydrogen-bond acceptors (Lipinski definition) is 6. The maximum absolute atomic E-state index is 12.1. The number of ether oxygens (including phenoxy) is 1. The maximum atomic E-state index is 12.1. The summed E-state index contributed by atoms with van der Waals surface area (Å²) in [5, 5.41) is 13.1. The lowest BCUT2D eigenvalue weighted by molar-refractivity contribution is -0.118. The number of carbonyl (C=O) groups excluding carboxylic acids is 2. The third-order valence-electron chi connectivity index (χ3n) is 2.78. The summed E-state index contributed by atoms with van der Waals surface area (Å²) in [7, 11) is 0. The zero-order chi connectivity index (χ0) is 15.5. The molecule has 1 rings (SSSR count). The third kappa shape index (κ3) is 7.03.